The van der Waals surface area contributed by atoms with Gasteiger partial charge in [-0.2, -0.15) is 8.42 Å². The largest absolute Gasteiger partial charge is 0.478 e. The number of β-lactam (4-membered cyclic amide) rings is 1. The van der Waals surface area contributed by atoms with Gasteiger partial charge in [-0.25, -0.2) is 14.1 Å². The third kappa shape index (κ3) is 4.20. The van der Waals surface area contributed by atoms with Gasteiger partial charge in [-0.1, -0.05) is 5.16 Å². The third-order valence-electron chi connectivity index (χ3n) is 3.73. The molecular weight excluding hydrogens is 418 g/mol. The van der Waals surface area contributed by atoms with Gasteiger partial charge in [0.1, 0.15) is 11.7 Å². The summed E-state index contributed by atoms with van der Waals surface area (Å²) in [5.41, 5.74) is 3.26. The van der Waals surface area contributed by atoms with Gasteiger partial charge in [-0.3, -0.25) is 14.1 Å². The van der Waals surface area contributed by atoms with Gasteiger partial charge in [-0.05, 0) is 20.8 Å². The number of aromatic nitrogens is 1. The monoisotopic (exact) mass is 435 g/mol. The molecular formula is C13H17N5O8S2. The number of nitrogens with zero attached hydrogens (tertiary/aromatic N) is 3. The smallest absolute Gasteiger partial charge is 0.362 e. The molecule has 5 N–H and O–H groups in total. The Balaban J connectivity index is 2.26. The predicted octanol–water partition coefficient (Wildman–Crippen LogP) is -1.17. The van der Waals surface area contributed by atoms with Crippen molar-refractivity contribution in [2.45, 2.75) is 38.5 Å². The summed E-state index contributed by atoms with van der Waals surface area (Å²) in [5, 5.41) is 16.3. The third-order valence-corrected chi connectivity index (χ3v) is 5.41. The van der Waals surface area contributed by atoms with Crippen LogP contribution < -0.4 is 11.1 Å². The second-order valence-electron chi connectivity index (χ2n) is 6.22. The van der Waals surface area contributed by atoms with E-state index in [4.69, 9.17) is 20.2 Å². The summed E-state index contributed by atoms with van der Waals surface area (Å²) in [6.45, 7) is 3.69. The van der Waals surface area contributed by atoms with Crippen molar-refractivity contribution in [3.8, 4) is 0 Å². The molecule has 2 atom stereocenters. The number of carbonyl (C=O) groups excluding carboxylic acids is 2. The number of anilines is 1. The number of oxime groups is 1. The number of rotatable bonds is 7. The minimum atomic E-state index is -4.76. The van der Waals surface area contributed by atoms with Crippen LogP contribution in [0.15, 0.2) is 10.5 Å². The van der Waals surface area contributed by atoms with E-state index in [0.29, 0.717) is 0 Å². The van der Waals surface area contributed by atoms with E-state index in [9.17, 15) is 22.8 Å². The van der Waals surface area contributed by atoms with E-state index in [2.05, 4.69) is 15.5 Å². The predicted molar refractivity (Wildman–Crippen MR) is 95.7 cm³/mol. The number of hydrogen-bond donors (Lipinski definition) is 4. The number of nitrogens with two attached hydrogens (primary N) is 1. The Hall–Kier alpha value is -2.78. The fourth-order valence-electron chi connectivity index (χ4n) is 2.11. The van der Waals surface area contributed by atoms with Crippen molar-refractivity contribution in [1.82, 2.24) is 14.6 Å². The summed E-state index contributed by atoms with van der Waals surface area (Å²) in [5.74, 6) is -3.38. The molecule has 1 fully saturated rings. The van der Waals surface area contributed by atoms with E-state index < -0.39 is 51.5 Å². The molecule has 15 heteroatoms. The van der Waals surface area contributed by atoms with E-state index in [1.54, 1.807) is 0 Å². The highest BCUT2D eigenvalue weighted by molar-refractivity contribution is 7.84. The molecule has 154 valence electrons. The van der Waals surface area contributed by atoms with Crippen molar-refractivity contribution < 1.29 is 37.3 Å². The average molecular weight is 435 g/mol. The van der Waals surface area contributed by atoms with Crippen LogP contribution in [0.1, 0.15) is 26.5 Å². The van der Waals surface area contributed by atoms with Gasteiger partial charge in [0.2, 0.25) is 5.60 Å². The molecule has 13 nitrogen and oxygen atoms in total. The second kappa shape index (κ2) is 7.33. The zero-order valence-corrected chi connectivity index (χ0v) is 16.4. The first-order chi connectivity index (χ1) is 12.8. The number of carboxylic acids is 1. The maximum Gasteiger partial charge on any atom is 0.362 e. The van der Waals surface area contributed by atoms with Crippen molar-refractivity contribution >= 4 is 50.3 Å². The van der Waals surface area contributed by atoms with E-state index >= 15 is 0 Å². The molecule has 2 rings (SSSR count). The lowest BCUT2D eigenvalue weighted by atomic mass is 10.0. The number of aliphatic carboxylic acids is 1. The van der Waals surface area contributed by atoms with Crippen LogP contribution in [0.3, 0.4) is 0 Å². The molecule has 1 aliphatic heterocycles. The molecule has 1 aromatic rings. The van der Waals surface area contributed by atoms with Gasteiger partial charge in [0.05, 0.1) is 6.04 Å². The Bertz CT molecular complexity index is 954. The van der Waals surface area contributed by atoms with Crippen LogP contribution in [-0.4, -0.2) is 68.5 Å². The normalized spacial score (nSPS) is 20.5. The van der Waals surface area contributed by atoms with Gasteiger partial charge in [0.15, 0.2) is 10.8 Å². The van der Waals surface area contributed by atoms with Crippen molar-refractivity contribution in [2.75, 3.05) is 5.73 Å². The number of amides is 2. The highest BCUT2D eigenvalue weighted by atomic mass is 32.2. The topological polar surface area (TPSA) is 202 Å². The van der Waals surface area contributed by atoms with Gasteiger partial charge < -0.3 is 21.0 Å². The second-order valence-corrected chi connectivity index (χ2v) is 8.40. The minimum Gasteiger partial charge on any atom is -0.478 e. The van der Waals surface area contributed by atoms with Gasteiger partial charge in [0, 0.05) is 5.38 Å². The SMILES string of the molecule is C[C@@H]1[C@@H](NC(=O)/C(=N\OC(C)(C)C(=O)O)c2csc(N)n2)C(=O)N1S(=O)(=O)O. The Kier molecular flexibility index (Phi) is 5.63. The number of carbonyl (C=O) groups is 3. The van der Waals surface area contributed by atoms with Crippen molar-refractivity contribution in [3.63, 3.8) is 0 Å². The number of thiazole rings is 1. The van der Waals surface area contributed by atoms with Crippen LogP contribution in [-0.2, 0) is 29.5 Å². The lowest BCUT2D eigenvalue weighted by molar-refractivity contribution is -0.161. The molecule has 2 heterocycles. The standard InChI is InChI=1S/C13H17N5O8S2/c1-5-7(10(20)18(5)28(23,24)25)16-9(19)8(6-4-27-12(14)15-6)17-26-13(2,3)11(21)22/h4-5,7H,1-3H3,(H2,14,15)(H,16,19)(H,21,22)(H,23,24,25)/b17-8-/t5-,7-/m1/s1. The number of nitrogens with one attached hydrogen (secondary N) is 1. The Labute approximate surface area is 163 Å². The molecule has 0 spiro atoms. The van der Waals surface area contributed by atoms with Crippen molar-refractivity contribution in [3.05, 3.63) is 11.1 Å². The zero-order chi connectivity index (χ0) is 21.4. The first-order valence-electron chi connectivity index (χ1n) is 7.58. The molecule has 2 amide bonds. The summed E-state index contributed by atoms with van der Waals surface area (Å²) < 4.78 is 31.4. The quantitative estimate of drug-likeness (QED) is 0.175. The summed E-state index contributed by atoms with van der Waals surface area (Å²) >= 11 is 0.980. The summed E-state index contributed by atoms with van der Waals surface area (Å²) in [6, 6.07) is -2.31. The highest BCUT2D eigenvalue weighted by Gasteiger charge is 2.51. The van der Waals surface area contributed by atoms with Crippen LogP contribution >= 0.6 is 11.3 Å². The fourth-order valence-corrected chi connectivity index (χ4v) is 3.54. The molecule has 28 heavy (non-hydrogen) atoms. The summed E-state index contributed by atoms with van der Waals surface area (Å²) in [4.78, 5) is 44.4. The van der Waals surface area contributed by atoms with Crippen molar-refractivity contribution in [1.29, 1.82) is 0 Å². The maximum absolute atomic E-state index is 12.6. The van der Waals surface area contributed by atoms with Gasteiger partial charge >= 0.3 is 16.3 Å². The highest BCUT2D eigenvalue weighted by Crippen LogP contribution is 2.23. The van der Waals surface area contributed by atoms with Crippen LogP contribution in [0, 0.1) is 0 Å². The molecule has 0 saturated carbocycles. The molecule has 0 aromatic carbocycles. The zero-order valence-electron chi connectivity index (χ0n) is 14.8. The van der Waals surface area contributed by atoms with Crippen LogP contribution in [0.5, 0.6) is 0 Å². The molecule has 0 aliphatic carbocycles. The fraction of sp³-hybridized carbons (Fsp3) is 0.462. The van der Waals surface area contributed by atoms with Crippen LogP contribution in [0.4, 0.5) is 5.13 Å². The summed E-state index contributed by atoms with van der Waals surface area (Å²) in [7, 11) is -4.76. The molecule has 0 radical (unpaired) electrons. The van der Waals surface area contributed by atoms with Gasteiger partial charge in [0.25, 0.3) is 11.8 Å². The molecule has 1 aromatic heterocycles. The lowest BCUT2D eigenvalue weighted by Gasteiger charge is -2.42. The molecule has 1 aliphatic rings. The van der Waals surface area contributed by atoms with Crippen LogP contribution in [0.2, 0.25) is 0 Å². The van der Waals surface area contributed by atoms with E-state index in [0.717, 1.165) is 11.3 Å². The van der Waals surface area contributed by atoms with E-state index in [1.807, 2.05) is 0 Å². The first kappa shape index (κ1) is 21.5. The Morgan fingerprint density at radius 2 is 2.07 bits per heavy atom. The first-order valence-corrected chi connectivity index (χ1v) is 9.86. The minimum absolute atomic E-state index is 0.0350. The average Bonchev–Trinajstić information content (AvgIpc) is 2.97. The Morgan fingerprint density at radius 1 is 1.46 bits per heavy atom. The van der Waals surface area contributed by atoms with E-state index in [-0.39, 0.29) is 15.1 Å². The maximum atomic E-state index is 12.6. The molecule has 1 saturated heterocycles. The number of nitrogen functional groups attached to an aromatic ring is 1. The van der Waals surface area contributed by atoms with Crippen molar-refractivity contribution in [2.24, 2.45) is 5.16 Å². The molecule has 0 bridgehead atoms. The number of carboxylic acid groups (broad SMARTS) is 1. The number of hydrogen-bond acceptors (Lipinski definition) is 10. The molecule has 0 unspecified atom stereocenters. The van der Waals surface area contributed by atoms with Crippen LogP contribution in [0.25, 0.3) is 0 Å². The lowest BCUT2D eigenvalue weighted by Crippen LogP contribution is -2.71. The van der Waals surface area contributed by atoms with E-state index in [1.165, 1.54) is 26.2 Å². The summed E-state index contributed by atoms with van der Waals surface area (Å²) in [6.07, 6.45) is 0. The Morgan fingerprint density at radius 3 is 2.50 bits per heavy atom. The van der Waals surface area contributed by atoms with Gasteiger partial charge in [-0.15, -0.1) is 11.3 Å².